The van der Waals surface area contributed by atoms with Crippen molar-refractivity contribution >= 4 is 34.4 Å². The summed E-state index contributed by atoms with van der Waals surface area (Å²) < 4.78 is 1.90. The van der Waals surface area contributed by atoms with Gasteiger partial charge in [0.1, 0.15) is 0 Å². The van der Waals surface area contributed by atoms with Gasteiger partial charge >= 0.3 is 5.69 Å². The molecule has 162 valence electrons. The molecule has 2 aliphatic heterocycles. The number of likely N-dealkylation sites (tertiary alicyclic amines) is 1. The van der Waals surface area contributed by atoms with Crippen molar-refractivity contribution in [3.05, 3.63) is 59.0 Å². The number of rotatable bonds is 3. The van der Waals surface area contributed by atoms with Gasteiger partial charge in [0, 0.05) is 35.8 Å². The lowest BCUT2D eigenvalue weighted by atomic mass is 10.0. The van der Waals surface area contributed by atoms with E-state index in [1.807, 2.05) is 57.6 Å². The van der Waals surface area contributed by atoms with Crippen LogP contribution in [0.3, 0.4) is 0 Å². The SMILES string of the molecule is C[C@H]1CCN(C(=O)CN2CCC(n3c(=O)[nH]c4ccccc43)CC2)c2ccccc2S1. The number of aromatic amines is 1. The number of hydrogen-bond acceptors (Lipinski definition) is 4. The molecule has 0 aliphatic carbocycles. The van der Waals surface area contributed by atoms with Crippen molar-refractivity contribution in [1.29, 1.82) is 0 Å². The standard InChI is InChI=1S/C24H28N4O2S/c1-17-10-15-27(21-8-4-5-9-22(21)31-17)23(29)16-26-13-11-18(12-14-26)28-20-7-3-2-6-19(20)25-24(28)30/h2-9,17-18H,10-16H2,1H3,(H,25,30)/t17-/m0/s1. The minimum absolute atomic E-state index is 0.0384. The van der Waals surface area contributed by atoms with E-state index in [0.29, 0.717) is 11.8 Å². The molecule has 1 fully saturated rings. The molecule has 2 aliphatic rings. The van der Waals surface area contributed by atoms with Crippen molar-refractivity contribution in [2.24, 2.45) is 0 Å². The number of imidazole rings is 1. The van der Waals surface area contributed by atoms with Crippen LogP contribution in [0.2, 0.25) is 0 Å². The number of thioether (sulfide) groups is 1. The van der Waals surface area contributed by atoms with Gasteiger partial charge in [-0.25, -0.2) is 4.79 Å². The second kappa shape index (κ2) is 8.55. The summed E-state index contributed by atoms with van der Waals surface area (Å²) >= 11 is 1.86. The third kappa shape index (κ3) is 4.04. The molecule has 0 bridgehead atoms. The number of amides is 1. The molecule has 1 atom stereocenters. The van der Waals surface area contributed by atoms with Crippen molar-refractivity contribution in [3.63, 3.8) is 0 Å². The van der Waals surface area contributed by atoms with Gasteiger partial charge in [0.2, 0.25) is 5.91 Å². The first kappa shape index (κ1) is 20.4. The van der Waals surface area contributed by atoms with Gasteiger partial charge in [-0.05, 0) is 43.5 Å². The Balaban J connectivity index is 1.26. The highest BCUT2D eigenvalue weighted by molar-refractivity contribution is 8.00. The van der Waals surface area contributed by atoms with E-state index in [1.54, 1.807) is 0 Å². The molecule has 3 heterocycles. The minimum atomic E-state index is -0.0384. The van der Waals surface area contributed by atoms with Crippen LogP contribution >= 0.6 is 11.8 Å². The number of nitrogens with one attached hydrogen (secondary N) is 1. The highest BCUT2D eigenvalue weighted by Crippen LogP contribution is 2.37. The fraction of sp³-hybridized carbons (Fsp3) is 0.417. The van der Waals surface area contributed by atoms with Gasteiger partial charge in [-0.2, -0.15) is 0 Å². The lowest BCUT2D eigenvalue weighted by Crippen LogP contribution is -2.44. The number of anilines is 1. The number of carbonyl (C=O) groups excluding carboxylic acids is 1. The van der Waals surface area contributed by atoms with Crippen LogP contribution in [-0.4, -0.2) is 51.8 Å². The van der Waals surface area contributed by atoms with Crippen LogP contribution in [0.4, 0.5) is 5.69 Å². The third-order valence-electron chi connectivity index (χ3n) is 6.45. The van der Waals surface area contributed by atoms with Gasteiger partial charge in [0.15, 0.2) is 0 Å². The van der Waals surface area contributed by atoms with E-state index in [2.05, 4.69) is 28.9 Å². The Morgan fingerprint density at radius 1 is 1.03 bits per heavy atom. The maximum atomic E-state index is 13.2. The zero-order valence-corrected chi connectivity index (χ0v) is 18.6. The molecular formula is C24H28N4O2S. The number of carbonyl (C=O) groups is 1. The molecule has 31 heavy (non-hydrogen) atoms. The summed E-state index contributed by atoms with van der Waals surface area (Å²) in [5, 5.41) is 0.504. The first-order valence-corrected chi connectivity index (χ1v) is 12.0. The molecule has 6 nitrogen and oxygen atoms in total. The Kier molecular flexibility index (Phi) is 5.63. The quantitative estimate of drug-likeness (QED) is 0.677. The van der Waals surface area contributed by atoms with E-state index in [1.165, 1.54) is 4.90 Å². The van der Waals surface area contributed by atoms with E-state index in [-0.39, 0.29) is 17.6 Å². The predicted octanol–water partition coefficient (Wildman–Crippen LogP) is 3.88. The molecular weight excluding hydrogens is 408 g/mol. The maximum Gasteiger partial charge on any atom is 0.326 e. The van der Waals surface area contributed by atoms with Crippen molar-refractivity contribution in [2.75, 3.05) is 31.1 Å². The number of benzene rings is 2. The molecule has 0 radical (unpaired) electrons. The average Bonchev–Trinajstić information content (AvgIpc) is 3.00. The summed E-state index contributed by atoms with van der Waals surface area (Å²) in [5.41, 5.74) is 2.86. The van der Waals surface area contributed by atoms with E-state index < -0.39 is 0 Å². The van der Waals surface area contributed by atoms with E-state index in [9.17, 15) is 9.59 Å². The van der Waals surface area contributed by atoms with Crippen LogP contribution in [0.1, 0.15) is 32.2 Å². The van der Waals surface area contributed by atoms with Crippen molar-refractivity contribution < 1.29 is 4.79 Å². The Bertz CT molecular complexity index is 1150. The highest BCUT2D eigenvalue weighted by Gasteiger charge is 2.28. The number of para-hydroxylation sites is 3. The summed E-state index contributed by atoms with van der Waals surface area (Å²) in [6.07, 6.45) is 2.74. The first-order valence-electron chi connectivity index (χ1n) is 11.1. The minimum Gasteiger partial charge on any atom is -0.310 e. The largest absolute Gasteiger partial charge is 0.326 e. The number of fused-ring (bicyclic) bond motifs is 2. The molecule has 1 aromatic heterocycles. The second-order valence-corrected chi connectivity index (χ2v) is 10.0. The van der Waals surface area contributed by atoms with Crippen LogP contribution < -0.4 is 10.6 Å². The van der Waals surface area contributed by atoms with E-state index >= 15 is 0 Å². The molecule has 5 rings (SSSR count). The van der Waals surface area contributed by atoms with Crippen molar-refractivity contribution in [3.8, 4) is 0 Å². The monoisotopic (exact) mass is 436 g/mol. The first-order chi connectivity index (χ1) is 15.1. The molecule has 3 aromatic rings. The fourth-order valence-electron chi connectivity index (χ4n) is 4.79. The lowest BCUT2D eigenvalue weighted by molar-refractivity contribution is -0.120. The topological polar surface area (TPSA) is 61.3 Å². The number of aromatic nitrogens is 2. The van der Waals surface area contributed by atoms with Crippen LogP contribution in [0.25, 0.3) is 11.0 Å². The number of hydrogen-bond donors (Lipinski definition) is 1. The van der Waals surface area contributed by atoms with Gasteiger partial charge in [0.25, 0.3) is 0 Å². The molecule has 7 heteroatoms. The smallest absolute Gasteiger partial charge is 0.310 e. The Morgan fingerprint density at radius 3 is 2.61 bits per heavy atom. The molecule has 0 saturated carbocycles. The summed E-state index contributed by atoms with van der Waals surface area (Å²) in [6.45, 7) is 5.08. The van der Waals surface area contributed by atoms with Crippen molar-refractivity contribution in [2.45, 2.75) is 42.4 Å². The number of nitrogens with zero attached hydrogens (tertiary/aromatic N) is 3. The van der Waals surface area contributed by atoms with E-state index in [4.69, 9.17) is 0 Å². The lowest BCUT2D eigenvalue weighted by Gasteiger charge is -2.33. The summed E-state index contributed by atoms with van der Waals surface area (Å²) in [7, 11) is 0. The zero-order chi connectivity index (χ0) is 21.4. The predicted molar refractivity (Wildman–Crippen MR) is 126 cm³/mol. The van der Waals surface area contributed by atoms with Crippen LogP contribution in [0.5, 0.6) is 0 Å². The van der Waals surface area contributed by atoms with Crippen LogP contribution in [0.15, 0.2) is 58.2 Å². The van der Waals surface area contributed by atoms with Gasteiger partial charge in [-0.15, -0.1) is 11.8 Å². The second-order valence-electron chi connectivity index (χ2n) is 8.55. The van der Waals surface area contributed by atoms with Gasteiger partial charge < -0.3 is 9.88 Å². The molecule has 1 saturated heterocycles. The summed E-state index contributed by atoms with van der Waals surface area (Å²) in [4.78, 5) is 34.1. The Morgan fingerprint density at radius 2 is 1.77 bits per heavy atom. The van der Waals surface area contributed by atoms with E-state index in [0.717, 1.165) is 55.6 Å². The summed E-state index contributed by atoms with van der Waals surface area (Å²) in [5.74, 6) is 0.171. The van der Waals surface area contributed by atoms with Crippen molar-refractivity contribution in [1.82, 2.24) is 14.5 Å². The van der Waals surface area contributed by atoms with Crippen LogP contribution in [-0.2, 0) is 4.79 Å². The molecule has 0 spiro atoms. The third-order valence-corrected chi connectivity index (χ3v) is 7.69. The average molecular weight is 437 g/mol. The fourth-order valence-corrected chi connectivity index (χ4v) is 5.91. The van der Waals surface area contributed by atoms with Gasteiger partial charge in [0.05, 0.1) is 23.3 Å². The highest BCUT2D eigenvalue weighted by atomic mass is 32.2. The number of H-pyrrole nitrogens is 1. The molecule has 2 aromatic carbocycles. The zero-order valence-electron chi connectivity index (χ0n) is 17.8. The summed E-state index contributed by atoms with van der Waals surface area (Å²) in [6, 6.07) is 16.3. The maximum absolute atomic E-state index is 13.2. The Labute approximate surface area is 186 Å². The normalized spacial score (nSPS) is 20.5. The molecule has 1 N–H and O–H groups in total. The molecule has 0 unspecified atom stereocenters. The van der Waals surface area contributed by atoms with Crippen LogP contribution in [0, 0.1) is 0 Å². The number of piperidine rings is 1. The van der Waals surface area contributed by atoms with Gasteiger partial charge in [-0.3, -0.25) is 14.3 Å². The Hall–Kier alpha value is -2.51. The van der Waals surface area contributed by atoms with Gasteiger partial charge in [-0.1, -0.05) is 31.2 Å². The molecule has 1 amide bonds.